The van der Waals surface area contributed by atoms with Crippen molar-refractivity contribution in [2.45, 2.75) is 25.7 Å². The second-order valence-corrected chi connectivity index (χ2v) is 9.78. The summed E-state index contributed by atoms with van der Waals surface area (Å²) in [7, 11) is -3.73. The summed E-state index contributed by atoms with van der Waals surface area (Å²) in [5, 5.41) is 5.60. The molecular formula is C25H27N3O4S. The van der Waals surface area contributed by atoms with Gasteiger partial charge in [0.05, 0.1) is 16.1 Å². The van der Waals surface area contributed by atoms with Crippen LogP contribution >= 0.6 is 0 Å². The lowest BCUT2D eigenvalue weighted by Gasteiger charge is -2.13. The summed E-state index contributed by atoms with van der Waals surface area (Å²) in [6.45, 7) is 6.40. The quantitative estimate of drug-likeness (QED) is 0.458. The summed E-state index contributed by atoms with van der Waals surface area (Å²) in [5.74, 6) is -0.370. The van der Waals surface area contributed by atoms with Crippen LogP contribution in [-0.2, 0) is 10.0 Å². The minimum atomic E-state index is -3.73. The fraction of sp³-hybridized carbons (Fsp3) is 0.200. The number of para-hydroxylation sites is 1. The number of hydrogen-bond acceptors (Lipinski definition) is 4. The van der Waals surface area contributed by atoms with E-state index in [0.29, 0.717) is 35.0 Å². The Morgan fingerprint density at radius 3 is 2.12 bits per heavy atom. The first-order valence-corrected chi connectivity index (χ1v) is 12.0. The van der Waals surface area contributed by atoms with E-state index in [4.69, 9.17) is 0 Å². The lowest BCUT2D eigenvalue weighted by molar-refractivity contribution is 0.0950. The number of hydrogen-bond donors (Lipinski definition) is 3. The average Bonchev–Trinajstić information content (AvgIpc) is 2.78. The lowest BCUT2D eigenvalue weighted by atomic mass is 10.1. The average molecular weight is 466 g/mol. The van der Waals surface area contributed by atoms with Crippen molar-refractivity contribution in [3.05, 3.63) is 89.5 Å². The molecule has 0 fully saturated rings. The van der Waals surface area contributed by atoms with Crippen LogP contribution in [0.5, 0.6) is 0 Å². The maximum Gasteiger partial charge on any atom is 0.261 e. The number of anilines is 2. The fourth-order valence-electron chi connectivity index (χ4n) is 3.00. The molecule has 0 spiro atoms. The lowest BCUT2D eigenvalue weighted by Crippen LogP contribution is -2.28. The molecule has 2 amide bonds. The first kappa shape index (κ1) is 24.0. The van der Waals surface area contributed by atoms with Crippen LogP contribution in [0.1, 0.15) is 40.1 Å². The molecule has 0 radical (unpaired) electrons. The molecule has 0 bridgehead atoms. The van der Waals surface area contributed by atoms with Crippen molar-refractivity contribution < 1.29 is 18.0 Å². The van der Waals surface area contributed by atoms with Gasteiger partial charge in [-0.1, -0.05) is 43.7 Å². The van der Waals surface area contributed by atoms with Crippen molar-refractivity contribution in [2.75, 3.05) is 16.6 Å². The molecule has 0 saturated heterocycles. The monoisotopic (exact) mass is 465 g/mol. The number of aryl methyl sites for hydroxylation is 1. The number of carbonyl (C=O) groups is 2. The van der Waals surface area contributed by atoms with Crippen LogP contribution in [-0.4, -0.2) is 26.8 Å². The van der Waals surface area contributed by atoms with Crippen LogP contribution in [0.15, 0.2) is 77.7 Å². The van der Waals surface area contributed by atoms with E-state index in [1.807, 2.05) is 20.8 Å². The Morgan fingerprint density at radius 2 is 1.48 bits per heavy atom. The maximum absolute atomic E-state index is 12.7. The molecule has 7 nitrogen and oxygen atoms in total. The second kappa shape index (κ2) is 10.3. The van der Waals surface area contributed by atoms with Crippen molar-refractivity contribution in [3.8, 4) is 0 Å². The van der Waals surface area contributed by atoms with Crippen LogP contribution in [0, 0.1) is 12.8 Å². The first-order chi connectivity index (χ1) is 15.7. The third-order valence-corrected chi connectivity index (χ3v) is 6.22. The molecular weight excluding hydrogens is 438 g/mol. The van der Waals surface area contributed by atoms with Gasteiger partial charge in [0.15, 0.2) is 0 Å². The number of rotatable bonds is 8. The molecule has 0 saturated carbocycles. The normalized spacial score (nSPS) is 11.2. The fourth-order valence-corrected chi connectivity index (χ4v) is 4.06. The molecule has 3 aromatic carbocycles. The van der Waals surface area contributed by atoms with Crippen molar-refractivity contribution in [2.24, 2.45) is 5.92 Å². The molecule has 0 atom stereocenters. The maximum atomic E-state index is 12.7. The number of benzene rings is 3. The van der Waals surface area contributed by atoms with Crippen molar-refractivity contribution in [1.29, 1.82) is 0 Å². The SMILES string of the molecule is Cc1ccc(S(=O)(=O)Nc2ccc(C(=O)Nc3ccccc3C(=O)NCC(C)C)cc2)cc1. The van der Waals surface area contributed by atoms with Crippen LogP contribution < -0.4 is 15.4 Å². The van der Waals surface area contributed by atoms with E-state index in [-0.39, 0.29) is 10.8 Å². The largest absolute Gasteiger partial charge is 0.352 e. The van der Waals surface area contributed by atoms with E-state index >= 15 is 0 Å². The van der Waals surface area contributed by atoms with E-state index in [0.717, 1.165) is 5.56 Å². The van der Waals surface area contributed by atoms with Gasteiger partial charge in [0.2, 0.25) is 0 Å². The Hall–Kier alpha value is -3.65. The summed E-state index contributed by atoms with van der Waals surface area (Å²) in [4.78, 5) is 25.4. The van der Waals surface area contributed by atoms with Crippen LogP contribution in [0.4, 0.5) is 11.4 Å². The Balaban J connectivity index is 1.70. The van der Waals surface area contributed by atoms with E-state index < -0.39 is 15.9 Å². The van der Waals surface area contributed by atoms with Gasteiger partial charge >= 0.3 is 0 Å². The van der Waals surface area contributed by atoms with Crippen molar-refractivity contribution >= 4 is 33.2 Å². The summed E-state index contributed by atoms with van der Waals surface area (Å²) in [6.07, 6.45) is 0. The molecule has 3 rings (SSSR count). The zero-order chi connectivity index (χ0) is 24.0. The van der Waals surface area contributed by atoms with Gasteiger partial charge in [-0.15, -0.1) is 0 Å². The predicted octanol–water partition coefficient (Wildman–Crippen LogP) is 4.43. The van der Waals surface area contributed by atoms with Gasteiger partial charge < -0.3 is 10.6 Å². The Morgan fingerprint density at radius 1 is 0.848 bits per heavy atom. The highest BCUT2D eigenvalue weighted by Crippen LogP contribution is 2.19. The minimum absolute atomic E-state index is 0.155. The molecule has 0 aliphatic carbocycles. The van der Waals surface area contributed by atoms with Crippen molar-refractivity contribution in [1.82, 2.24) is 5.32 Å². The van der Waals surface area contributed by atoms with E-state index in [2.05, 4.69) is 15.4 Å². The van der Waals surface area contributed by atoms with E-state index in [1.165, 1.54) is 36.4 Å². The first-order valence-electron chi connectivity index (χ1n) is 10.5. The number of nitrogens with one attached hydrogen (secondary N) is 3. The minimum Gasteiger partial charge on any atom is -0.352 e. The third kappa shape index (κ3) is 6.43. The van der Waals surface area contributed by atoms with Gasteiger partial charge in [-0.3, -0.25) is 14.3 Å². The van der Waals surface area contributed by atoms with Crippen molar-refractivity contribution in [3.63, 3.8) is 0 Å². The molecule has 33 heavy (non-hydrogen) atoms. The summed E-state index contributed by atoms with van der Waals surface area (Å²) >= 11 is 0. The molecule has 0 aromatic heterocycles. The summed E-state index contributed by atoms with van der Waals surface area (Å²) < 4.78 is 27.6. The number of sulfonamides is 1. The summed E-state index contributed by atoms with van der Waals surface area (Å²) in [5.41, 5.74) is 2.39. The molecule has 0 aliphatic heterocycles. The van der Waals surface area contributed by atoms with Gasteiger partial charge in [-0.2, -0.15) is 0 Å². The third-order valence-electron chi connectivity index (χ3n) is 4.82. The van der Waals surface area contributed by atoms with Gasteiger partial charge in [-0.25, -0.2) is 8.42 Å². The molecule has 3 N–H and O–H groups in total. The van der Waals surface area contributed by atoms with Gasteiger partial charge in [0.25, 0.3) is 21.8 Å². The highest BCUT2D eigenvalue weighted by Gasteiger charge is 2.16. The molecule has 0 aliphatic rings. The topological polar surface area (TPSA) is 104 Å². The molecule has 172 valence electrons. The predicted molar refractivity (Wildman–Crippen MR) is 130 cm³/mol. The Bertz CT molecular complexity index is 1240. The molecule has 0 heterocycles. The van der Waals surface area contributed by atoms with E-state index in [1.54, 1.807) is 36.4 Å². The zero-order valence-electron chi connectivity index (χ0n) is 18.8. The molecule has 8 heteroatoms. The Labute approximate surface area is 194 Å². The van der Waals surface area contributed by atoms with E-state index in [9.17, 15) is 18.0 Å². The smallest absolute Gasteiger partial charge is 0.261 e. The van der Waals surface area contributed by atoms with Gasteiger partial charge in [0.1, 0.15) is 0 Å². The van der Waals surface area contributed by atoms with Crippen LogP contribution in [0.25, 0.3) is 0 Å². The second-order valence-electron chi connectivity index (χ2n) is 8.10. The number of amides is 2. The van der Waals surface area contributed by atoms with Gasteiger partial charge in [0, 0.05) is 17.8 Å². The standard InChI is InChI=1S/C25H27N3O4S/c1-17(2)16-26-25(30)22-6-4-5-7-23(22)27-24(29)19-10-12-20(13-11-19)28-33(31,32)21-14-8-18(3)9-15-21/h4-15,17,28H,16H2,1-3H3,(H,26,30)(H,27,29). The highest BCUT2D eigenvalue weighted by molar-refractivity contribution is 7.92. The zero-order valence-corrected chi connectivity index (χ0v) is 19.6. The Kier molecular flexibility index (Phi) is 7.50. The highest BCUT2D eigenvalue weighted by atomic mass is 32.2. The molecule has 0 unspecified atom stereocenters. The van der Waals surface area contributed by atoms with Crippen LogP contribution in [0.3, 0.4) is 0 Å². The number of carbonyl (C=O) groups excluding carboxylic acids is 2. The van der Waals surface area contributed by atoms with Gasteiger partial charge in [-0.05, 0) is 61.4 Å². The summed E-state index contributed by atoms with van der Waals surface area (Å²) in [6, 6.07) is 19.4. The van der Waals surface area contributed by atoms with Crippen LogP contribution in [0.2, 0.25) is 0 Å². The molecule has 3 aromatic rings.